The Morgan fingerprint density at radius 3 is 1.95 bits per heavy atom. The van der Waals surface area contributed by atoms with Gasteiger partial charge in [-0.05, 0) is 55.3 Å². The van der Waals surface area contributed by atoms with Gasteiger partial charge in [0.05, 0.1) is 5.54 Å². The molecule has 0 bridgehead atoms. The van der Waals surface area contributed by atoms with Gasteiger partial charge in [-0.2, -0.15) is 0 Å². The van der Waals surface area contributed by atoms with Gasteiger partial charge in [0.15, 0.2) is 0 Å². The van der Waals surface area contributed by atoms with Gasteiger partial charge < -0.3 is 11.1 Å². The third-order valence-electron chi connectivity index (χ3n) is 3.25. The molecule has 0 aromatic heterocycles. The molecule has 1 atom stereocenters. The quantitative estimate of drug-likeness (QED) is 0.861. The van der Waals surface area contributed by atoms with Crippen molar-refractivity contribution in [2.75, 3.05) is 11.9 Å². The molecule has 1 unspecified atom stereocenters. The van der Waals surface area contributed by atoms with E-state index in [9.17, 15) is 0 Å². The smallest absolute Gasteiger partial charge is 0.0507 e. The first-order chi connectivity index (χ1) is 9.50. The zero-order chi connectivity index (χ0) is 14.6. The summed E-state index contributed by atoms with van der Waals surface area (Å²) in [6, 6.07) is 15.5. The predicted octanol–water partition coefficient (Wildman–Crippen LogP) is 4.37. The highest BCUT2D eigenvalue weighted by Crippen LogP contribution is 2.21. The second-order valence-corrected chi connectivity index (χ2v) is 6.07. The normalized spacial score (nSPS) is 13.8. The van der Waals surface area contributed by atoms with Crippen molar-refractivity contribution < 1.29 is 0 Å². The van der Waals surface area contributed by atoms with Crippen LogP contribution >= 0.6 is 23.2 Å². The van der Waals surface area contributed by atoms with Crippen LogP contribution in [0.5, 0.6) is 0 Å². The lowest BCUT2D eigenvalue weighted by atomic mass is 9.92. The van der Waals surface area contributed by atoms with Crippen LogP contribution < -0.4 is 11.1 Å². The molecular weight excluding hydrogens is 291 g/mol. The Morgan fingerprint density at radius 2 is 1.45 bits per heavy atom. The second kappa shape index (κ2) is 6.49. The fraction of sp³-hybridized carbons (Fsp3) is 0.250. The predicted molar refractivity (Wildman–Crippen MR) is 87.7 cm³/mol. The van der Waals surface area contributed by atoms with Gasteiger partial charge in [-0.3, -0.25) is 0 Å². The van der Waals surface area contributed by atoms with Crippen molar-refractivity contribution in [1.29, 1.82) is 0 Å². The largest absolute Gasteiger partial charge is 0.378 e. The van der Waals surface area contributed by atoms with Crippen LogP contribution in [0.15, 0.2) is 48.5 Å². The van der Waals surface area contributed by atoms with Crippen LogP contribution in [0.4, 0.5) is 5.69 Å². The molecule has 0 fully saturated rings. The summed E-state index contributed by atoms with van der Waals surface area (Å²) in [5.74, 6) is 0. The van der Waals surface area contributed by atoms with Crippen LogP contribution in [-0.2, 0) is 6.42 Å². The van der Waals surface area contributed by atoms with Crippen molar-refractivity contribution in [1.82, 2.24) is 0 Å². The molecule has 0 amide bonds. The maximum atomic E-state index is 5.95. The Hall–Kier alpha value is -1.22. The van der Waals surface area contributed by atoms with Crippen LogP contribution in [0, 0.1) is 0 Å². The van der Waals surface area contributed by atoms with Crippen molar-refractivity contribution >= 4 is 28.9 Å². The van der Waals surface area contributed by atoms with Crippen molar-refractivity contribution in [2.24, 2.45) is 5.73 Å². The second-order valence-electron chi connectivity index (χ2n) is 5.20. The summed E-state index contributed by atoms with van der Waals surface area (Å²) >= 11 is 11.8. The van der Waals surface area contributed by atoms with Crippen molar-refractivity contribution in [3.8, 4) is 0 Å². The Labute approximate surface area is 129 Å². The minimum atomic E-state index is -0.221. The molecule has 0 aliphatic rings. The molecule has 3 N–H and O–H groups in total. The zero-order valence-electron chi connectivity index (χ0n) is 11.4. The van der Waals surface area contributed by atoms with E-state index in [0.717, 1.165) is 22.2 Å². The van der Waals surface area contributed by atoms with Crippen molar-refractivity contribution in [3.05, 3.63) is 64.1 Å². The Balaban J connectivity index is 2.12. The SMILES string of the molecule is CC(CN)(Cc1ccc(Cl)cc1)Nc1ccc(Cl)cc1. The van der Waals surface area contributed by atoms with Crippen LogP contribution in [0.25, 0.3) is 0 Å². The highest BCUT2D eigenvalue weighted by molar-refractivity contribution is 6.30. The molecular formula is C16H18Cl2N2. The summed E-state index contributed by atoms with van der Waals surface area (Å²) in [7, 11) is 0. The Bertz CT molecular complexity index is 502. The van der Waals surface area contributed by atoms with Gasteiger partial charge in [0, 0.05) is 22.3 Å². The molecule has 0 spiro atoms. The summed E-state index contributed by atoms with van der Waals surface area (Å²) in [5.41, 5.74) is 7.94. The Morgan fingerprint density at radius 1 is 0.950 bits per heavy atom. The number of nitrogens with one attached hydrogen (secondary N) is 1. The average molecular weight is 309 g/mol. The molecule has 0 aliphatic carbocycles. The summed E-state index contributed by atoms with van der Waals surface area (Å²) in [6.07, 6.45) is 0.823. The van der Waals surface area contributed by atoms with Gasteiger partial charge in [0.1, 0.15) is 0 Å². The molecule has 0 heterocycles. The first kappa shape index (κ1) is 15.2. The third kappa shape index (κ3) is 4.14. The van der Waals surface area contributed by atoms with Crippen LogP contribution in [0.3, 0.4) is 0 Å². The number of nitrogens with two attached hydrogens (primary N) is 1. The van der Waals surface area contributed by atoms with Gasteiger partial charge >= 0.3 is 0 Å². The van der Waals surface area contributed by atoms with E-state index in [0.29, 0.717) is 6.54 Å². The summed E-state index contributed by atoms with van der Waals surface area (Å²) in [4.78, 5) is 0. The van der Waals surface area contributed by atoms with E-state index >= 15 is 0 Å². The van der Waals surface area contributed by atoms with Gasteiger partial charge in [-0.15, -0.1) is 0 Å². The van der Waals surface area contributed by atoms with Gasteiger partial charge in [-0.1, -0.05) is 35.3 Å². The number of benzene rings is 2. The van der Waals surface area contributed by atoms with E-state index in [-0.39, 0.29) is 5.54 Å². The van der Waals surface area contributed by atoms with Gasteiger partial charge in [0.25, 0.3) is 0 Å². The Kier molecular flexibility index (Phi) is 4.92. The van der Waals surface area contributed by atoms with E-state index in [1.165, 1.54) is 5.56 Å². The first-order valence-corrected chi connectivity index (χ1v) is 7.25. The van der Waals surface area contributed by atoms with Crippen LogP contribution in [0.2, 0.25) is 10.0 Å². The fourth-order valence-electron chi connectivity index (χ4n) is 2.10. The molecule has 4 heteroatoms. The molecule has 0 radical (unpaired) electrons. The maximum Gasteiger partial charge on any atom is 0.0507 e. The highest BCUT2D eigenvalue weighted by atomic mass is 35.5. The number of hydrogen-bond acceptors (Lipinski definition) is 2. The summed E-state index contributed by atoms with van der Waals surface area (Å²) in [5, 5.41) is 4.95. The summed E-state index contributed by atoms with van der Waals surface area (Å²) in [6.45, 7) is 2.63. The summed E-state index contributed by atoms with van der Waals surface area (Å²) < 4.78 is 0. The molecule has 2 rings (SSSR count). The zero-order valence-corrected chi connectivity index (χ0v) is 12.9. The van der Waals surface area contributed by atoms with E-state index in [1.54, 1.807) is 0 Å². The molecule has 0 saturated carbocycles. The number of rotatable bonds is 5. The molecule has 2 nitrogen and oxygen atoms in total. The van der Waals surface area contributed by atoms with Gasteiger partial charge in [0.2, 0.25) is 0 Å². The lowest BCUT2D eigenvalue weighted by molar-refractivity contribution is 0.521. The number of halogens is 2. The average Bonchev–Trinajstić information content (AvgIpc) is 2.44. The first-order valence-electron chi connectivity index (χ1n) is 6.49. The minimum Gasteiger partial charge on any atom is -0.378 e. The molecule has 0 aliphatic heterocycles. The standard InChI is InChI=1S/C16H18Cl2N2/c1-16(11-19,10-12-2-4-13(17)5-3-12)20-15-8-6-14(18)7-9-15/h2-9,20H,10-11,19H2,1H3. The number of anilines is 1. The fourth-order valence-corrected chi connectivity index (χ4v) is 2.35. The van der Waals surface area contributed by atoms with E-state index in [1.807, 2.05) is 48.5 Å². The molecule has 106 valence electrons. The topological polar surface area (TPSA) is 38.0 Å². The number of hydrogen-bond donors (Lipinski definition) is 2. The maximum absolute atomic E-state index is 5.95. The monoisotopic (exact) mass is 308 g/mol. The van der Waals surface area contributed by atoms with Gasteiger partial charge in [-0.25, -0.2) is 0 Å². The van der Waals surface area contributed by atoms with Crippen molar-refractivity contribution in [3.63, 3.8) is 0 Å². The lowest BCUT2D eigenvalue weighted by Crippen LogP contribution is -2.44. The third-order valence-corrected chi connectivity index (χ3v) is 3.75. The van der Waals surface area contributed by atoms with Crippen molar-refractivity contribution in [2.45, 2.75) is 18.9 Å². The molecule has 2 aromatic rings. The molecule has 2 aromatic carbocycles. The molecule has 20 heavy (non-hydrogen) atoms. The highest BCUT2D eigenvalue weighted by Gasteiger charge is 2.22. The van der Waals surface area contributed by atoms with E-state index in [4.69, 9.17) is 28.9 Å². The minimum absolute atomic E-state index is 0.221. The van der Waals surface area contributed by atoms with E-state index < -0.39 is 0 Å². The lowest BCUT2D eigenvalue weighted by Gasteiger charge is -2.31. The van der Waals surface area contributed by atoms with Crippen LogP contribution in [-0.4, -0.2) is 12.1 Å². The van der Waals surface area contributed by atoms with E-state index in [2.05, 4.69) is 12.2 Å². The molecule has 0 saturated heterocycles. The van der Waals surface area contributed by atoms with Crippen LogP contribution in [0.1, 0.15) is 12.5 Å².